The molecule has 0 radical (unpaired) electrons. The van der Waals surface area contributed by atoms with Gasteiger partial charge in [-0.05, 0) is 43.2 Å². The third kappa shape index (κ3) is 2.50. The summed E-state index contributed by atoms with van der Waals surface area (Å²) < 4.78 is 44.0. The maximum Gasteiger partial charge on any atom is 0.243 e. The van der Waals surface area contributed by atoms with E-state index in [9.17, 15) is 8.42 Å². The van der Waals surface area contributed by atoms with E-state index in [1.807, 2.05) is 0 Å². The maximum atomic E-state index is 12.9. The molecule has 24 heavy (non-hydrogen) atoms. The van der Waals surface area contributed by atoms with Crippen molar-refractivity contribution in [2.24, 2.45) is 5.41 Å². The largest absolute Gasteiger partial charge is 0.486 e. The monoisotopic (exact) mass is 353 g/mol. The van der Waals surface area contributed by atoms with E-state index in [1.165, 1.54) is 0 Å². The summed E-state index contributed by atoms with van der Waals surface area (Å²) in [4.78, 5) is 0.277. The first-order chi connectivity index (χ1) is 11.5. The number of hydrogen-bond acceptors (Lipinski definition) is 5. The number of nitrogens with zero attached hydrogens (tertiary/aromatic N) is 1. The van der Waals surface area contributed by atoms with Gasteiger partial charge in [0.2, 0.25) is 10.0 Å². The van der Waals surface area contributed by atoms with Crippen LogP contribution in [0, 0.1) is 5.41 Å². The molecule has 2 heterocycles. The first kappa shape index (κ1) is 16.2. The highest BCUT2D eigenvalue weighted by Gasteiger charge is 2.49. The topological polar surface area (TPSA) is 65.1 Å². The Morgan fingerprint density at radius 1 is 1.12 bits per heavy atom. The fourth-order valence-electron chi connectivity index (χ4n) is 4.12. The molecule has 4 rings (SSSR count). The van der Waals surface area contributed by atoms with E-state index in [0.29, 0.717) is 37.8 Å². The summed E-state index contributed by atoms with van der Waals surface area (Å²) >= 11 is 0. The predicted molar refractivity (Wildman–Crippen MR) is 87.9 cm³/mol. The molecule has 1 saturated carbocycles. The van der Waals surface area contributed by atoms with E-state index in [1.54, 1.807) is 29.6 Å². The van der Waals surface area contributed by atoms with E-state index in [4.69, 9.17) is 14.2 Å². The molecule has 1 unspecified atom stereocenters. The fraction of sp³-hybridized carbons (Fsp3) is 0.647. The molecule has 6 nitrogen and oxygen atoms in total. The third-order valence-electron chi connectivity index (χ3n) is 5.74. The van der Waals surface area contributed by atoms with Crippen molar-refractivity contribution >= 4 is 10.0 Å². The number of ether oxygens (including phenoxy) is 3. The van der Waals surface area contributed by atoms with Crippen LogP contribution in [0.2, 0.25) is 0 Å². The van der Waals surface area contributed by atoms with Crippen molar-refractivity contribution in [3.8, 4) is 11.5 Å². The molecule has 1 aliphatic carbocycles. The van der Waals surface area contributed by atoms with Crippen LogP contribution >= 0.6 is 0 Å². The van der Waals surface area contributed by atoms with E-state index >= 15 is 0 Å². The van der Waals surface area contributed by atoms with Gasteiger partial charge in [-0.2, -0.15) is 4.31 Å². The molecule has 1 aromatic carbocycles. The van der Waals surface area contributed by atoms with Crippen molar-refractivity contribution in [3.63, 3.8) is 0 Å². The Morgan fingerprint density at radius 2 is 1.83 bits per heavy atom. The Hall–Kier alpha value is -1.31. The molecular formula is C17H23NO5S. The van der Waals surface area contributed by atoms with Gasteiger partial charge >= 0.3 is 0 Å². The second-order valence-electron chi connectivity index (χ2n) is 6.83. The van der Waals surface area contributed by atoms with Gasteiger partial charge in [0.05, 0.1) is 11.0 Å². The van der Waals surface area contributed by atoms with Gasteiger partial charge in [-0.3, -0.25) is 0 Å². The normalized spacial score (nSPS) is 26.1. The second kappa shape index (κ2) is 5.89. The van der Waals surface area contributed by atoms with Gasteiger partial charge in [0.1, 0.15) is 13.2 Å². The Balaban J connectivity index is 1.52. The van der Waals surface area contributed by atoms with Crippen molar-refractivity contribution in [2.75, 3.05) is 33.4 Å². The predicted octanol–water partition coefficient (Wildman–Crippen LogP) is 2.04. The summed E-state index contributed by atoms with van der Waals surface area (Å²) in [5.41, 5.74) is 0.188. The minimum atomic E-state index is -3.50. The summed E-state index contributed by atoms with van der Waals surface area (Å²) in [5.74, 6) is 1.12. The number of sulfonamides is 1. The van der Waals surface area contributed by atoms with Crippen LogP contribution < -0.4 is 9.47 Å². The molecule has 1 spiro atoms. The quantitative estimate of drug-likeness (QED) is 0.832. The van der Waals surface area contributed by atoms with Crippen LogP contribution in [-0.2, 0) is 14.8 Å². The van der Waals surface area contributed by atoms with Crippen LogP contribution in [0.25, 0.3) is 0 Å². The van der Waals surface area contributed by atoms with Crippen LogP contribution in [0.5, 0.6) is 11.5 Å². The van der Waals surface area contributed by atoms with Gasteiger partial charge < -0.3 is 14.2 Å². The number of fused-ring (bicyclic) bond motifs is 1. The Morgan fingerprint density at radius 3 is 2.46 bits per heavy atom. The molecule has 3 aliphatic rings. The lowest BCUT2D eigenvalue weighted by Gasteiger charge is -2.52. The van der Waals surface area contributed by atoms with E-state index in [2.05, 4.69) is 0 Å². The number of methoxy groups -OCH3 is 1. The highest BCUT2D eigenvalue weighted by atomic mass is 32.2. The number of hydrogen-bond donors (Lipinski definition) is 0. The minimum Gasteiger partial charge on any atom is -0.486 e. The highest BCUT2D eigenvalue weighted by Crippen LogP contribution is 2.51. The standard InChI is InChI=1S/C17H23NO5S/c1-21-16-4-5-17(16)6-8-18(9-7-17)24(19,20)13-2-3-14-15(12-13)23-11-10-22-14/h2-3,12,16H,4-11H2,1H3. The molecule has 0 amide bonds. The zero-order chi connectivity index (χ0) is 16.8. The summed E-state index contributed by atoms with van der Waals surface area (Å²) in [6, 6.07) is 4.86. The molecule has 0 N–H and O–H groups in total. The average molecular weight is 353 g/mol. The molecule has 1 atom stereocenters. The summed E-state index contributed by atoms with van der Waals surface area (Å²) in [5, 5.41) is 0. The highest BCUT2D eigenvalue weighted by molar-refractivity contribution is 7.89. The van der Waals surface area contributed by atoms with Gasteiger partial charge in [0.15, 0.2) is 11.5 Å². The molecule has 1 saturated heterocycles. The van der Waals surface area contributed by atoms with E-state index in [0.717, 1.165) is 25.7 Å². The molecule has 7 heteroatoms. The fourth-order valence-corrected chi connectivity index (χ4v) is 5.57. The van der Waals surface area contributed by atoms with E-state index in [-0.39, 0.29) is 16.4 Å². The summed E-state index contributed by atoms with van der Waals surface area (Å²) in [6.07, 6.45) is 4.26. The first-order valence-corrected chi connectivity index (χ1v) is 9.92. The molecule has 2 fully saturated rings. The second-order valence-corrected chi connectivity index (χ2v) is 8.77. The number of rotatable bonds is 3. The molecule has 132 valence electrons. The number of piperidine rings is 1. The van der Waals surface area contributed by atoms with E-state index < -0.39 is 10.0 Å². The minimum absolute atomic E-state index is 0.188. The van der Waals surface area contributed by atoms with Crippen molar-refractivity contribution in [2.45, 2.75) is 36.7 Å². The lowest BCUT2D eigenvalue weighted by Crippen LogP contribution is -2.53. The van der Waals surface area contributed by atoms with Crippen LogP contribution in [0.1, 0.15) is 25.7 Å². The van der Waals surface area contributed by atoms with Crippen molar-refractivity contribution in [1.29, 1.82) is 0 Å². The van der Waals surface area contributed by atoms with Crippen LogP contribution in [0.3, 0.4) is 0 Å². The van der Waals surface area contributed by atoms with Gasteiger partial charge in [0.25, 0.3) is 0 Å². The molecule has 2 aliphatic heterocycles. The van der Waals surface area contributed by atoms with Crippen molar-refractivity contribution in [1.82, 2.24) is 4.31 Å². The third-order valence-corrected chi connectivity index (χ3v) is 7.64. The first-order valence-electron chi connectivity index (χ1n) is 8.48. The lowest BCUT2D eigenvalue weighted by atomic mass is 9.61. The molecular weight excluding hydrogens is 330 g/mol. The van der Waals surface area contributed by atoms with Gasteiger partial charge in [-0.1, -0.05) is 0 Å². The lowest BCUT2D eigenvalue weighted by molar-refractivity contribution is -0.113. The number of benzene rings is 1. The smallest absolute Gasteiger partial charge is 0.243 e. The maximum absolute atomic E-state index is 12.9. The summed E-state index contributed by atoms with van der Waals surface area (Å²) in [7, 11) is -1.74. The van der Waals surface area contributed by atoms with Crippen LogP contribution in [0.15, 0.2) is 23.1 Å². The zero-order valence-electron chi connectivity index (χ0n) is 13.9. The SMILES string of the molecule is COC1CCC12CCN(S(=O)(=O)c1ccc3c(c1)OCCO3)CC2. The van der Waals surface area contributed by atoms with Gasteiger partial charge in [-0.15, -0.1) is 0 Å². The molecule has 0 aromatic heterocycles. The Bertz CT molecular complexity index is 722. The van der Waals surface area contributed by atoms with Gasteiger partial charge in [-0.25, -0.2) is 8.42 Å². The summed E-state index contributed by atoms with van der Waals surface area (Å²) in [6.45, 7) is 2.04. The van der Waals surface area contributed by atoms with Crippen LogP contribution in [0.4, 0.5) is 0 Å². The van der Waals surface area contributed by atoms with Crippen LogP contribution in [-0.4, -0.2) is 52.2 Å². The zero-order valence-corrected chi connectivity index (χ0v) is 14.7. The van der Waals surface area contributed by atoms with Crippen molar-refractivity contribution < 1.29 is 22.6 Å². The average Bonchev–Trinajstić information content (AvgIpc) is 2.61. The molecule has 1 aromatic rings. The van der Waals surface area contributed by atoms with Gasteiger partial charge in [0, 0.05) is 26.3 Å². The molecule has 0 bridgehead atoms. The van der Waals surface area contributed by atoms with Crippen molar-refractivity contribution in [3.05, 3.63) is 18.2 Å². The Labute approximate surface area is 142 Å². The Kier molecular flexibility index (Phi) is 3.97.